The first-order valence-corrected chi connectivity index (χ1v) is 11.1. The third kappa shape index (κ3) is 7.29. The van der Waals surface area contributed by atoms with Crippen LogP contribution in [0.1, 0.15) is 29.8 Å². The van der Waals surface area contributed by atoms with Crippen LogP contribution in [-0.2, 0) is 4.79 Å². The fraction of sp³-hybridized carbons (Fsp3) is 0.269. The second-order valence-corrected chi connectivity index (χ2v) is 8.34. The van der Waals surface area contributed by atoms with Crippen molar-refractivity contribution in [3.05, 3.63) is 71.9 Å². The maximum absolute atomic E-state index is 13.0. The summed E-state index contributed by atoms with van der Waals surface area (Å²) in [5.74, 6) is -0.303. The number of aliphatic hydroxyl groups excluding tert-OH is 1. The van der Waals surface area contributed by atoms with E-state index in [4.69, 9.17) is 0 Å². The zero-order chi connectivity index (χ0) is 26.5. The number of aromatic nitrogens is 1. The Kier molecular flexibility index (Phi) is 8.31. The standard InChI is InChI=1S/C26H26F3N3O4/c1-16(33)14-32(15-17(2)34)24-12-9-20(13-30-24)31-25(35)23-6-4-5-22(18(23)3)19-7-10-21(11-8-19)36-26(27,28)29/h4-13,16,33H,14-15H2,1-3H3,(H,31,35). The topological polar surface area (TPSA) is 91.8 Å². The SMILES string of the molecule is CC(=O)CN(CC(C)O)c1ccc(NC(=O)c2cccc(-c3ccc(OC(F)(F)F)cc3)c2C)cn1. The molecule has 3 aromatic rings. The number of ketones is 1. The van der Waals surface area contributed by atoms with E-state index in [2.05, 4.69) is 15.0 Å². The molecule has 3 rings (SSSR count). The Morgan fingerprint density at radius 3 is 2.36 bits per heavy atom. The summed E-state index contributed by atoms with van der Waals surface area (Å²) in [5, 5.41) is 12.5. The molecular formula is C26H26F3N3O4. The number of carbonyl (C=O) groups is 2. The van der Waals surface area contributed by atoms with Gasteiger partial charge in [0.1, 0.15) is 17.4 Å². The molecule has 0 saturated heterocycles. The Hall–Kier alpha value is -3.92. The molecule has 1 unspecified atom stereocenters. The molecule has 10 heteroatoms. The molecule has 0 aliphatic carbocycles. The molecule has 0 bridgehead atoms. The van der Waals surface area contributed by atoms with Crippen molar-refractivity contribution in [2.45, 2.75) is 33.2 Å². The molecule has 0 aliphatic heterocycles. The van der Waals surface area contributed by atoms with Crippen LogP contribution >= 0.6 is 0 Å². The Balaban J connectivity index is 1.76. The van der Waals surface area contributed by atoms with Gasteiger partial charge in [-0.25, -0.2) is 4.98 Å². The molecule has 2 N–H and O–H groups in total. The van der Waals surface area contributed by atoms with Gasteiger partial charge in [0, 0.05) is 12.1 Å². The molecule has 1 amide bonds. The summed E-state index contributed by atoms with van der Waals surface area (Å²) in [5.41, 5.74) is 2.79. The molecule has 7 nitrogen and oxygen atoms in total. The van der Waals surface area contributed by atoms with Gasteiger partial charge in [0.15, 0.2) is 0 Å². The van der Waals surface area contributed by atoms with E-state index in [0.717, 1.165) is 0 Å². The average molecular weight is 502 g/mol. The van der Waals surface area contributed by atoms with Crippen molar-refractivity contribution in [1.82, 2.24) is 4.98 Å². The van der Waals surface area contributed by atoms with Gasteiger partial charge in [0.05, 0.1) is 24.5 Å². The van der Waals surface area contributed by atoms with Crippen molar-refractivity contribution in [2.24, 2.45) is 0 Å². The van der Waals surface area contributed by atoms with Gasteiger partial charge in [-0.1, -0.05) is 24.3 Å². The van der Waals surface area contributed by atoms with Crippen LogP contribution in [0.25, 0.3) is 11.1 Å². The minimum Gasteiger partial charge on any atom is -0.406 e. The van der Waals surface area contributed by atoms with E-state index in [0.29, 0.717) is 33.8 Å². The van der Waals surface area contributed by atoms with Crippen molar-refractivity contribution in [2.75, 3.05) is 23.3 Å². The highest BCUT2D eigenvalue weighted by atomic mass is 19.4. The van der Waals surface area contributed by atoms with E-state index < -0.39 is 12.5 Å². The Morgan fingerprint density at radius 2 is 1.81 bits per heavy atom. The molecule has 36 heavy (non-hydrogen) atoms. The van der Waals surface area contributed by atoms with Gasteiger partial charge in [-0.3, -0.25) is 9.59 Å². The van der Waals surface area contributed by atoms with Crippen molar-refractivity contribution < 1.29 is 32.6 Å². The van der Waals surface area contributed by atoms with E-state index in [1.54, 1.807) is 49.1 Å². The van der Waals surface area contributed by atoms with Crippen LogP contribution < -0.4 is 15.0 Å². The van der Waals surface area contributed by atoms with Crippen LogP contribution in [0.15, 0.2) is 60.8 Å². The van der Waals surface area contributed by atoms with E-state index in [9.17, 15) is 27.9 Å². The quantitative estimate of drug-likeness (QED) is 0.430. The number of carbonyl (C=O) groups excluding carboxylic acids is 2. The maximum Gasteiger partial charge on any atom is 0.573 e. The van der Waals surface area contributed by atoms with Crippen molar-refractivity contribution in [1.29, 1.82) is 0 Å². The number of nitrogens with zero attached hydrogens (tertiary/aromatic N) is 2. The van der Waals surface area contributed by atoms with Crippen molar-refractivity contribution >= 4 is 23.2 Å². The van der Waals surface area contributed by atoms with Crippen LogP contribution in [0.2, 0.25) is 0 Å². The van der Waals surface area contributed by atoms with Crippen LogP contribution in [-0.4, -0.2) is 47.3 Å². The number of aliphatic hydroxyl groups is 1. The van der Waals surface area contributed by atoms with Gasteiger partial charge in [-0.05, 0) is 67.8 Å². The smallest absolute Gasteiger partial charge is 0.406 e. The second-order valence-electron chi connectivity index (χ2n) is 8.34. The average Bonchev–Trinajstić information content (AvgIpc) is 2.78. The van der Waals surface area contributed by atoms with Crippen LogP contribution in [0, 0.1) is 6.92 Å². The summed E-state index contributed by atoms with van der Waals surface area (Å²) in [6.45, 7) is 5.14. The first-order valence-electron chi connectivity index (χ1n) is 11.1. The first-order chi connectivity index (χ1) is 16.9. The summed E-state index contributed by atoms with van der Waals surface area (Å²) in [6, 6.07) is 13.8. The lowest BCUT2D eigenvalue weighted by atomic mass is 9.96. The molecule has 190 valence electrons. The molecule has 0 aliphatic rings. The number of hydrogen-bond donors (Lipinski definition) is 2. The minimum absolute atomic E-state index is 0.0762. The second kappa shape index (κ2) is 11.2. The zero-order valence-electron chi connectivity index (χ0n) is 20.0. The molecule has 1 atom stereocenters. The number of benzene rings is 2. The normalized spacial score (nSPS) is 12.1. The highest BCUT2D eigenvalue weighted by molar-refractivity contribution is 6.06. The van der Waals surface area contributed by atoms with Crippen LogP contribution in [0.3, 0.4) is 0 Å². The number of anilines is 2. The van der Waals surface area contributed by atoms with Gasteiger partial charge < -0.3 is 20.1 Å². The molecular weight excluding hydrogens is 475 g/mol. The number of ether oxygens (including phenoxy) is 1. The van der Waals surface area contributed by atoms with E-state index >= 15 is 0 Å². The zero-order valence-corrected chi connectivity index (χ0v) is 20.0. The van der Waals surface area contributed by atoms with Gasteiger partial charge in [-0.15, -0.1) is 13.2 Å². The molecule has 0 saturated carbocycles. The largest absolute Gasteiger partial charge is 0.573 e. The van der Waals surface area contributed by atoms with Crippen LogP contribution in [0.5, 0.6) is 5.75 Å². The predicted octanol–water partition coefficient (Wildman–Crippen LogP) is 4.98. The van der Waals surface area contributed by atoms with Gasteiger partial charge in [0.2, 0.25) is 0 Å². The highest BCUT2D eigenvalue weighted by Crippen LogP contribution is 2.30. The van der Waals surface area contributed by atoms with Crippen LogP contribution in [0.4, 0.5) is 24.7 Å². The lowest BCUT2D eigenvalue weighted by molar-refractivity contribution is -0.274. The molecule has 0 spiro atoms. The van der Waals surface area contributed by atoms with Crippen molar-refractivity contribution in [3.8, 4) is 16.9 Å². The number of pyridine rings is 1. The highest BCUT2D eigenvalue weighted by Gasteiger charge is 2.31. The predicted molar refractivity (Wildman–Crippen MR) is 130 cm³/mol. The summed E-state index contributed by atoms with van der Waals surface area (Å²) in [6.07, 6.45) is -3.97. The number of alkyl halides is 3. The summed E-state index contributed by atoms with van der Waals surface area (Å²) in [7, 11) is 0. The molecule has 2 aromatic carbocycles. The summed E-state index contributed by atoms with van der Waals surface area (Å²) >= 11 is 0. The number of Topliss-reactive ketones (excluding diaryl/α,β-unsaturated/α-hetero) is 1. The number of amides is 1. The number of halogens is 3. The van der Waals surface area contributed by atoms with E-state index in [-0.39, 0.29) is 30.5 Å². The van der Waals surface area contributed by atoms with Crippen molar-refractivity contribution in [3.63, 3.8) is 0 Å². The fourth-order valence-electron chi connectivity index (χ4n) is 3.70. The Bertz CT molecular complexity index is 1210. The van der Waals surface area contributed by atoms with Gasteiger partial charge in [-0.2, -0.15) is 0 Å². The Labute approximate surface area is 206 Å². The summed E-state index contributed by atoms with van der Waals surface area (Å²) in [4.78, 5) is 30.5. The Morgan fingerprint density at radius 1 is 1.11 bits per heavy atom. The lowest BCUT2D eigenvalue weighted by Crippen LogP contribution is -2.35. The summed E-state index contributed by atoms with van der Waals surface area (Å²) < 4.78 is 41.2. The number of nitrogens with one attached hydrogen (secondary N) is 1. The lowest BCUT2D eigenvalue weighted by Gasteiger charge is -2.24. The molecule has 1 heterocycles. The number of hydrogen-bond acceptors (Lipinski definition) is 6. The molecule has 0 radical (unpaired) electrons. The first kappa shape index (κ1) is 26.7. The van der Waals surface area contributed by atoms with E-state index in [1.807, 2.05) is 0 Å². The molecule has 0 fully saturated rings. The monoisotopic (exact) mass is 501 g/mol. The van der Waals surface area contributed by atoms with Gasteiger partial charge in [0.25, 0.3) is 5.91 Å². The van der Waals surface area contributed by atoms with E-state index in [1.165, 1.54) is 37.4 Å². The third-order valence-corrected chi connectivity index (χ3v) is 5.21. The minimum atomic E-state index is -4.77. The molecule has 1 aromatic heterocycles. The fourth-order valence-corrected chi connectivity index (χ4v) is 3.70. The maximum atomic E-state index is 13.0. The van der Waals surface area contributed by atoms with Gasteiger partial charge >= 0.3 is 6.36 Å². The number of rotatable bonds is 9. The third-order valence-electron chi connectivity index (χ3n) is 5.21.